The molecule has 168 valence electrons. The van der Waals surface area contributed by atoms with Crippen molar-refractivity contribution in [2.45, 2.75) is 13.5 Å². The van der Waals surface area contributed by atoms with Crippen LogP contribution in [-0.2, 0) is 16.6 Å². The van der Waals surface area contributed by atoms with E-state index in [9.17, 15) is 8.42 Å². The number of sulfonamides is 1. The van der Waals surface area contributed by atoms with Crippen LogP contribution in [0.5, 0.6) is 0 Å². The highest BCUT2D eigenvalue weighted by Gasteiger charge is 2.27. The summed E-state index contributed by atoms with van der Waals surface area (Å²) in [6, 6.07) is 12.3. The van der Waals surface area contributed by atoms with Crippen LogP contribution in [0.1, 0.15) is 12.5 Å². The topological polar surface area (TPSA) is 47.1 Å². The molecule has 2 heterocycles. The van der Waals surface area contributed by atoms with Gasteiger partial charge in [-0.15, -0.1) is 0 Å². The van der Waals surface area contributed by atoms with Crippen molar-refractivity contribution in [1.29, 1.82) is 0 Å². The molecule has 0 atom stereocenters. The van der Waals surface area contributed by atoms with Crippen LogP contribution in [-0.4, -0.2) is 69.7 Å². The average molecular weight is 483 g/mol. The fourth-order valence-corrected chi connectivity index (χ4v) is 5.62. The molecule has 0 aliphatic carbocycles. The number of piperazine rings is 1. The van der Waals surface area contributed by atoms with Crippen molar-refractivity contribution in [3.8, 4) is 0 Å². The van der Waals surface area contributed by atoms with Crippen molar-refractivity contribution in [2.75, 3.05) is 61.9 Å². The minimum absolute atomic E-state index is 0.155. The van der Waals surface area contributed by atoms with E-state index in [0.717, 1.165) is 31.0 Å². The zero-order valence-corrected chi connectivity index (χ0v) is 20.2. The first kappa shape index (κ1) is 22.7. The van der Waals surface area contributed by atoms with Gasteiger partial charge in [-0.2, -0.15) is 4.31 Å². The van der Waals surface area contributed by atoms with E-state index in [1.165, 1.54) is 11.3 Å². The molecule has 2 aromatic rings. The Morgan fingerprint density at radius 2 is 1.58 bits per heavy atom. The van der Waals surface area contributed by atoms with Crippen molar-refractivity contribution < 1.29 is 8.42 Å². The van der Waals surface area contributed by atoms with E-state index in [1.54, 1.807) is 11.2 Å². The van der Waals surface area contributed by atoms with Crippen LogP contribution in [0.25, 0.3) is 0 Å². The number of rotatable bonds is 4. The zero-order valence-electron chi connectivity index (χ0n) is 17.9. The van der Waals surface area contributed by atoms with E-state index >= 15 is 0 Å². The molecule has 0 amide bonds. The number of anilines is 3. The van der Waals surface area contributed by atoms with Gasteiger partial charge in [-0.25, -0.2) is 8.42 Å². The Labute approximate surface area is 195 Å². The normalized spacial score (nSPS) is 18.7. The summed E-state index contributed by atoms with van der Waals surface area (Å²) in [6.07, 6.45) is 0. The van der Waals surface area contributed by atoms with Gasteiger partial charge < -0.3 is 14.7 Å². The predicted octanol–water partition coefficient (Wildman–Crippen LogP) is 4.05. The van der Waals surface area contributed by atoms with Gasteiger partial charge in [0.1, 0.15) is 0 Å². The highest BCUT2D eigenvalue weighted by molar-refractivity contribution is 7.89. The van der Waals surface area contributed by atoms with Gasteiger partial charge in [0.2, 0.25) is 10.0 Å². The third-order valence-electron chi connectivity index (χ3n) is 6.08. The molecule has 0 bridgehead atoms. The second-order valence-corrected chi connectivity index (χ2v) is 11.2. The fraction of sp³-hybridized carbons (Fsp3) is 0.455. The number of fused-ring (bicyclic) bond motifs is 1. The molecule has 0 aromatic heterocycles. The standard InChI is InChI=1S/C22H28Cl2N4O2S/c1-3-31(29,30)27-11-9-26(10-12-27)18-5-7-22-17(14-18)16-25(2)8-13-28(22)19-4-6-20(23)21(24)15-19/h4-7,14-15H,3,8-13,16H2,1-2H3. The molecule has 0 saturated carbocycles. The Bertz CT molecular complexity index is 1060. The lowest BCUT2D eigenvalue weighted by atomic mass is 10.1. The van der Waals surface area contributed by atoms with E-state index in [4.69, 9.17) is 23.2 Å². The van der Waals surface area contributed by atoms with E-state index in [1.807, 2.05) is 18.2 Å². The molecule has 1 saturated heterocycles. The van der Waals surface area contributed by atoms with Crippen LogP contribution in [0, 0.1) is 0 Å². The maximum absolute atomic E-state index is 12.2. The summed E-state index contributed by atoms with van der Waals surface area (Å²) in [5.74, 6) is 0.155. The molecule has 0 unspecified atom stereocenters. The second-order valence-electron chi connectivity index (χ2n) is 8.09. The molecule has 4 rings (SSSR count). The summed E-state index contributed by atoms with van der Waals surface area (Å²) >= 11 is 12.4. The highest BCUT2D eigenvalue weighted by atomic mass is 35.5. The lowest BCUT2D eigenvalue weighted by Gasteiger charge is -2.36. The molecular weight excluding hydrogens is 455 g/mol. The second kappa shape index (κ2) is 9.16. The predicted molar refractivity (Wildman–Crippen MR) is 129 cm³/mol. The van der Waals surface area contributed by atoms with E-state index in [2.05, 4.69) is 39.9 Å². The van der Waals surface area contributed by atoms with Crippen molar-refractivity contribution >= 4 is 50.3 Å². The summed E-state index contributed by atoms with van der Waals surface area (Å²) in [7, 11) is -0.997. The summed E-state index contributed by atoms with van der Waals surface area (Å²) < 4.78 is 25.9. The third kappa shape index (κ3) is 4.81. The quantitative estimate of drug-likeness (QED) is 0.657. The number of hydrogen-bond acceptors (Lipinski definition) is 5. The van der Waals surface area contributed by atoms with Gasteiger partial charge in [0.25, 0.3) is 0 Å². The van der Waals surface area contributed by atoms with Crippen LogP contribution in [0.2, 0.25) is 10.0 Å². The molecule has 2 aromatic carbocycles. The average Bonchev–Trinajstić information content (AvgIpc) is 2.93. The smallest absolute Gasteiger partial charge is 0.213 e. The summed E-state index contributed by atoms with van der Waals surface area (Å²) in [6.45, 7) is 6.79. The Kier molecular flexibility index (Phi) is 6.70. The molecule has 0 N–H and O–H groups in total. The van der Waals surface area contributed by atoms with Crippen LogP contribution < -0.4 is 9.80 Å². The molecule has 31 heavy (non-hydrogen) atoms. The zero-order chi connectivity index (χ0) is 22.2. The molecule has 1 fully saturated rings. The number of halogens is 2. The lowest BCUT2D eigenvalue weighted by molar-refractivity contribution is 0.343. The summed E-state index contributed by atoms with van der Waals surface area (Å²) in [5, 5.41) is 1.10. The van der Waals surface area contributed by atoms with Crippen LogP contribution in [0.4, 0.5) is 17.1 Å². The van der Waals surface area contributed by atoms with Gasteiger partial charge in [-0.3, -0.25) is 0 Å². The largest absolute Gasteiger partial charge is 0.369 e. The Balaban J connectivity index is 1.60. The number of benzene rings is 2. The molecule has 9 heteroatoms. The summed E-state index contributed by atoms with van der Waals surface area (Å²) in [5.41, 5.74) is 4.57. The Hall–Kier alpha value is -1.51. The van der Waals surface area contributed by atoms with Crippen LogP contribution in [0.15, 0.2) is 36.4 Å². The first-order valence-corrected chi connectivity index (χ1v) is 12.9. The Morgan fingerprint density at radius 3 is 2.26 bits per heavy atom. The minimum Gasteiger partial charge on any atom is -0.369 e. The Morgan fingerprint density at radius 1 is 0.871 bits per heavy atom. The first-order valence-electron chi connectivity index (χ1n) is 10.6. The van der Waals surface area contributed by atoms with Gasteiger partial charge in [0, 0.05) is 62.9 Å². The van der Waals surface area contributed by atoms with E-state index < -0.39 is 10.0 Å². The molecule has 2 aliphatic heterocycles. The van der Waals surface area contributed by atoms with Gasteiger partial charge in [0.05, 0.1) is 15.8 Å². The van der Waals surface area contributed by atoms with Crippen molar-refractivity contribution in [3.05, 3.63) is 52.0 Å². The molecule has 0 spiro atoms. The molecular formula is C22H28Cl2N4O2S. The van der Waals surface area contributed by atoms with Gasteiger partial charge in [0.15, 0.2) is 0 Å². The van der Waals surface area contributed by atoms with Gasteiger partial charge in [-0.05, 0) is 55.9 Å². The fourth-order valence-electron chi connectivity index (χ4n) is 4.25. The maximum atomic E-state index is 12.2. The van der Waals surface area contributed by atoms with E-state index in [-0.39, 0.29) is 5.75 Å². The SMILES string of the molecule is CCS(=O)(=O)N1CCN(c2ccc3c(c2)CN(C)CCN3c2ccc(Cl)c(Cl)c2)CC1. The minimum atomic E-state index is -3.12. The van der Waals surface area contributed by atoms with Gasteiger partial charge in [-0.1, -0.05) is 23.2 Å². The maximum Gasteiger partial charge on any atom is 0.213 e. The molecule has 6 nitrogen and oxygen atoms in total. The van der Waals surface area contributed by atoms with E-state index in [0.29, 0.717) is 36.2 Å². The van der Waals surface area contributed by atoms with Crippen molar-refractivity contribution in [2.24, 2.45) is 0 Å². The van der Waals surface area contributed by atoms with Crippen LogP contribution >= 0.6 is 23.2 Å². The number of nitrogens with zero attached hydrogens (tertiary/aromatic N) is 4. The number of likely N-dealkylation sites (N-methyl/N-ethyl adjacent to an activating group) is 1. The molecule has 2 aliphatic rings. The summed E-state index contributed by atoms with van der Waals surface area (Å²) in [4.78, 5) is 6.87. The lowest BCUT2D eigenvalue weighted by Crippen LogP contribution is -2.49. The van der Waals surface area contributed by atoms with Crippen LogP contribution in [0.3, 0.4) is 0 Å². The van der Waals surface area contributed by atoms with Crippen molar-refractivity contribution in [3.63, 3.8) is 0 Å². The van der Waals surface area contributed by atoms with Gasteiger partial charge >= 0.3 is 0 Å². The third-order valence-corrected chi connectivity index (χ3v) is 8.70. The highest BCUT2D eigenvalue weighted by Crippen LogP contribution is 2.36. The monoisotopic (exact) mass is 482 g/mol. The number of hydrogen-bond donors (Lipinski definition) is 0. The van der Waals surface area contributed by atoms with Crippen molar-refractivity contribution in [1.82, 2.24) is 9.21 Å². The molecule has 0 radical (unpaired) electrons. The first-order chi connectivity index (χ1) is 14.8.